The van der Waals surface area contributed by atoms with Gasteiger partial charge in [0.05, 0.1) is 11.0 Å². The third-order valence-corrected chi connectivity index (χ3v) is 5.48. The van der Waals surface area contributed by atoms with E-state index < -0.39 is 0 Å². The highest BCUT2D eigenvalue weighted by Gasteiger charge is 2.34. The maximum atomic E-state index is 12.7. The van der Waals surface area contributed by atoms with Gasteiger partial charge in [-0.1, -0.05) is 56.5 Å². The minimum absolute atomic E-state index is 0.149. The molecule has 0 saturated carbocycles. The number of unbranched alkanes of at least 4 members (excludes halogenated alkanes) is 3. The first-order valence-corrected chi connectivity index (χ1v) is 10.1. The highest BCUT2D eigenvalue weighted by Crippen LogP contribution is 2.33. The number of benzene rings is 2. The lowest BCUT2D eigenvalue weighted by Gasteiger charge is -2.17. The number of rotatable bonds is 7. The quantitative estimate of drug-likeness (QED) is 0.547. The molecular formula is C23H27N3O. The van der Waals surface area contributed by atoms with Gasteiger partial charge in [-0.25, -0.2) is 4.98 Å². The molecule has 0 spiro atoms. The third-order valence-electron chi connectivity index (χ3n) is 5.48. The molecule has 1 aliphatic heterocycles. The third kappa shape index (κ3) is 3.61. The Morgan fingerprint density at radius 2 is 1.78 bits per heavy atom. The van der Waals surface area contributed by atoms with E-state index in [-0.39, 0.29) is 11.8 Å². The second-order valence-corrected chi connectivity index (χ2v) is 7.41. The van der Waals surface area contributed by atoms with Crippen LogP contribution in [0.3, 0.4) is 0 Å². The smallest absolute Gasteiger partial charge is 0.227 e. The van der Waals surface area contributed by atoms with Gasteiger partial charge in [0.2, 0.25) is 5.91 Å². The first-order valence-electron chi connectivity index (χ1n) is 10.1. The predicted octanol–water partition coefficient (Wildman–Crippen LogP) is 5.14. The number of amides is 1. The molecule has 1 aliphatic rings. The van der Waals surface area contributed by atoms with Crippen molar-refractivity contribution in [2.45, 2.75) is 51.5 Å². The van der Waals surface area contributed by atoms with E-state index in [2.05, 4.69) is 29.7 Å². The first-order chi connectivity index (χ1) is 13.3. The molecular weight excluding hydrogens is 334 g/mol. The minimum Gasteiger partial charge on any atom is -0.328 e. The van der Waals surface area contributed by atoms with Crippen LogP contribution in [0.15, 0.2) is 54.6 Å². The molecule has 27 heavy (non-hydrogen) atoms. The fourth-order valence-corrected chi connectivity index (χ4v) is 4.08. The number of para-hydroxylation sites is 3. The Hall–Kier alpha value is -2.62. The Morgan fingerprint density at radius 3 is 2.59 bits per heavy atom. The van der Waals surface area contributed by atoms with Crippen LogP contribution in [0.25, 0.3) is 11.0 Å². The van der Waals surface area contributed by atoms with Crippen molar-refractivity contribution in [3.63, 3.8) is 0 Å². The zero-order valence-corrected chi connectivity index (χ0v) is 16.0. The van der Waals surface area contributed by atoms with Crippen LogP contribution in [0, 0.1) is 0 Å². The van der Waals surface area contributed by atoms with E-state index in [1.54, 1.807) is 0 Å². The summed E-state index contributed by atoms with van der Waals surface area (Å²) < 4.78 is 2.36. The van der Waals surface area contributed by atoms with E-state index in [9.17, 15) is 4.79 Å². The Balaban J connectivity index is 1.62. The van der Waals surface area contributed by atoms with Crippen molar-refractivity contribution in [3.05, 3.63) is 60.4 Å². The number of hydrogen-bond acceptors (Lipinski definition) is 2. The summed E-state index contributed by atoms with van der Waals surface area (Å²) in [7, 11) is 0. The van der Waals surface area contributed by atoms with Gasteiger partial charge in [0.1, 0.15) is 5.82 Å². The lowest BCUT2D eigenvalue weighted by atomic mass is 10.1. The SMILES string of the molecule is CCCCCCn1c([C@H]2CC(=O)N(c3ccccc3)C2)nc2ccccc21. The van der Waals surface area contributed by atoms with Gasteiger partial charge in [0, 0.05) is 31.1 Å². The van der Waals surface area contributed by atoms with E-state index in [0.717, 1.165) is 30.0 Å². The van der Waals surface area contributed by atoms with Crippen molar-refractivity contribution in [2.24, 2.45) is 0 Å². The van der Waals surface area contributed by atoms with Crippen LogP contribution < -0.4 is 4.90 Å². The van der Waals surface area contributed by atoms with Crippen LogP contribution in [-0.2, 0) is 11.3 Å². The van der Waals surface area contributed by atoms with Crippen LogP contribution >= 0.6 is 0 Å². The van der Waals surface area contributed by atoms with Crippen molar-refractivity contribution in [1.82, 2.24) is 9.55 Å². The summed E-state index contributed by atoms with van der Waals surface area (Å²) in [6.45, 7) is 3.92. The van der Waals surface area contributed by atoms with Gasteiger partial charge in [0.25, 0.3) is 0 Å². The van der Waals surface area contributed by atoms with Gasteiger partial charge in [-0.3, -0.25) is 4.79 Å². The zero-order chi connectivity index (χ0) is 18.6. The number of nitrogens with zero attached hydrogens (tertiary/aromatic N) is 3. The normalized spacial score (nSPS) is 17.1. The molecule has 4 nitrogen and oxygen atoms in total. The molecule has 3 aromatic rings. The number of anilines is 1. The van der Waals surface area contributed by atoms with Crippen LogP contribution in [0.2, 0.25) is 0 Å². The second kappa shape index (κ2) is 7.95. The van der Waals surface area contributed by atoms with E-state index >= 15 is 0 Å². The standard InChI is InChI=1S/C23H27N3O/c1-2-3-4-10-15-25-21-14-9-8-13-20(21)24-23(25)18-16-22(27)26(17-18)19-11-6-5-7-12-19/h5-9,11-14,18H,2-4,10,15-17H2,1H3/t18-/m0/s1. The number of imidazole rings is 1. The number of aryl methyl sites for hydroxylation is 1. The fraction of sp³-hybridized carbons (Fsp3) is 0.391. The van der Waals surface area contributed by atoms with E-state index in [4.69, 9.17) is 4.98 Å². The number of hydrogen-bond donors (Lipinski definition) is 0. The summed E-state index contributed by atoms with van der Waals surface area (Å²) in [6.07, 6.45) is 5.44. The highest BCUT2D eigenvalue weighted by atomic mass is 16.2. The highest BCUT2D eigenvalue weighted by molar-refractivity contribution is 5.96. The molecule has 2 heterocycles. The largest absolute Gasteiger partial charge is 0.328 e. The molecule has 2 aromatic carbocycles. The molecule has 4 heteroatoms. The van der Waals surface area contributed by atoms with Crippen LogP contribution in [-0.4, -0.2) is 22.0 Å². The summed E-state index contributed by atoms with van der Waals surface area (Å²) in [4.78, 5) is 19.5. The zero-order valence-electron chi connectivity index (χ0n) is 16.0. The molecule has 1 fully saturated rings. The van der Waals surface area contributed by atoms with E-state index in [1.165, 1.54) is 24.8 Å². The van der Waals surface area contributed by atoms with Gasteiger partial charge in [-0.15, -0.1) is 0 Å². The van der Waals surface area contributed by atoms with Crippen molar-refractivity contribution < 1.29 is 4.79 Å². The average Bonchev–Trinajstić information content (AvgIpc) is 3.26. The van der Waals surface area contributed by atoms with E-state index in [0.29, 0.717) is 13.0 Å². The molecule has 4 rings (SSSR count). The van der Waals surface area contributed by atoms with Gasteiger partial charge < -0.3 is 9.47 Å². The maximum Gasteiger partial charge on any atom is 0.227 e. The summed E-state index contributed by atoms with van der Waals surface area (Å²) in [6, 6.07) is 18.3. The molecule has 0 N–H and O–H groups in total. The summed E-state index contributed by atoms with van der Waals surface area (Å²) >= 11 is 0. The van der Waals surface area contributed by atoms with E-state index in [1.807, 2.05) is 41.3 Å². The molecule has 1 aromatic heterocycles. The van der Waals surface area contributed by atoms with Gasteiger partial charge in [-0.2, -0.15) is 0 Å². The molecule has 1 amide bonds. The molecule has 0 bridgehead atoms. The molecule has 140 valence electrons. The molecule has 1 saturated heterocycles. The number of aromatic nitrogens is 2. The van der Waals surface area contributed by atoms with Gasteiger partial charge in [0.15, 0.2) is 0 Å². The molecule has 0 unspecified atom stereocenters. The lowest BCUT2D eigenvalue weighted by molar-refractivity contribution is -0.117. The Bertz CT molecular complexity index is 916. The van der Waals surface area contributed by atoms with Crippen LogP contribution in [0.5, 0.6) is 0 Å². The van der Waals surface area contributed by atoms with Crippen molar-refractivity contribution in [1.29, 1.82) is 0 Å². The molecule has 0 aliphatic carbocycles. The molecule has 1 atom stereocenters. The minimum atomic E-state index is 0.149. The van der Waals surface area contributed by atoms with Crippen LogP contribution in [0.4, 0.5) is 5.69 Å². The number of carbonyl (C=O) groups excluding carboxylic acids is 1. The van der Waals surface area contributed by atoms with Gasteiger partial charge >= 0.3 is 0 Å². The van der Waals surface area contributed by atoms with Gasteiger partial charge in [-0.05, 0) is 30.7 Å². The number of fused-ring (bicyclic) bond motifs is 1. The van der Waals surface area contributed by atoms with Crippen molar-refractivity contribution >= 4 is 22.6 Å². The first kappa shape index (κ1) is 17.8. The predicted molar refractivity (Wildman–Crippen MR) is 110 cm³/mol. The summed E-state index contributed by atoms with van der Waals surface area (Å²) in [5.74, 6) is 1.41. The Kier molecular flexibility index (Phi) is 5.23. The van der Waals surface area contributed by atoms with Crippen molar-refractivity contribution in [2.75, 3.05) is 11.4 Å². The average molecular weight is 361 g/mol. The molecule has 0 radical (unpaired) electrons. The Morgan fingerprint density at radius 1 is 1.00 bits per heavy atom. The second-order valence-electron chi connectivity index (χ2n) is 7.41. The fourth-order valence-electron chi connectivity index (χ4n) is 4.08. The number of carbonyl (C=O) groups is 1. The lowest BCUT2D eigenvalue weighted by Crippen LogP contribution is -2.24. The van der Waals surface area contributed by atoms with Crippen molar-refractivity contribution in [3.8, 4) is 0 Å². The Labute approximate surface area is 160 Å². The summed E-state index contributed by atoms with van der Waals surface area (Å²) in [5, 5.41) is 0. The van der Waals surface area contributed by atoms with Crippen LogP contribution in [0.1, 0.15) is 50.8 Å². The maximum absolute atomic E-state index is 12.7. The summed E-state index contributed by atoms with van der Waals surface area (Å²) in [5.41, 5.74) is 3.21. The monoisotopic (exact) mass is 361 g/mol. The topological polar surface area (TPSA) is 38.1 Å².